The van der Waals surface area contributed by atoms with Gasteiger partial charge in [0.15, 0.2) is 11.5 Å². The Balaban J connectivity index is 1.40. The van der Waals surface area contributed by atoms with Gasteiger partial charge < -0.3 is 24.8 Å². The summed E-state index contributed by atoms with van der Waals surface area (Å²) in [6, 6.07) is 12.6. The number of amides is 2. The molecule has 0 saturated heterocycles. The number of hydrogen-bond donors (Lipinski definition) is 2. The van der Waals surface area contributed by atoms with E-state index in [9.17, 15) is 9.59 Å². The second-order valence-corrected chi connectivity index (χ2v) is 6.03. The maximum absolute atomic E-state index is 12.0. The minimum Gasteiger partial charge on any atom is -0.497 e. The zero-order chi connectivity index (χ0) is 19.1. The van der Waals surface area contributed by atoms with Gasteiger partial charge in [0.2, 0.25) is 11.8 Å². The molecule has 2 aromatic rings. The summed E-state index contributed by atoms with van der Waals surface area (Å²) >= 11 is 0. The average Bonchev–Trinajstić information content (AvgIpc) is 2.68. The quantitative estimate of drug-likeness (QED) is 0.780. The number of benzene rings is 2. The van der Waals surface area contributed by atoms with Gasteiger partial charge in [0, 0.05) is 24.7 Å². The number of ether oxygens (including phenoxy) is 3. The van der Waals surface area contributed by atoms with E-state index in [-0.39, 0.29) is 31.2 Å². The van der Waals surface area contributed by atoms with Crippen LogP contribution in [0.15, 0.2) is 42.5 Å². The van der Waals surface area contributed by atoms with E-state index in [1.165, 1.54) is 0 Å². The highest BCUT2D eigenvalue weighted by molar-refractivity contribution is 5.91. The van der Waals surface area contributed by atoms with Crippen LogP contribution in [0.3, 0.4) is 0 Å². The highest BCUT2D eigenvalue weighted by Crippen LogP contribution is 2.32. The Kier molecular flexibility index (Phi) is 6.14. The molecule has 0 unspecified atom stereocenters. The predicted molar refractivity (Wildman–Crippen MR) is 100 cm³/mol. The number of anilines is 1. The standard InChI is InChI=1S/C20H22N2O5/c1-25-16-5-2-14(3-6-16)12-20(24)21-9-8-19(23)22-15-4-7-17-18(13-15)27-11-10-26-17/h2-7,13H,8-12H2,1H3,(H,21,24)(H,22,23). The van der Waals surface area contributed by atoms with Gasteiger partial charge in [0.1, 0.15) is 19.0 Å². The van der Waals surface area contributed by atoms with Crippen molar-refractivity contribution >= 4 is 17.5 Å². The van der Waals surface area contributed by atoms with Crippen LogP contribution in [0.25, 0.3) is 0 Å². The fourth-order valence-electron chi connectivity index (χ4n) is 2.65. The highest BCUT2D eigenvalue weighted by Gasteiger charge is 2.13. The summed E-state index contributed by atoms with van der Waals surface area (Å²) in [6.07, 6.45) is 0.441. The zero-order valence-electron chi connectivity index (χ0n) is 15.1. The van der Waals surface area contributed by atoms with E-state index >= 15 is 0 Å². The van der Waals surface area contributed by atoms with E-state index in [0.717, 1.165) is 11.3 Å². The van der Waals surface area contributed by atoms with Crippen molar-refractivity contribution in [1.29, 1.82) is 0 Å². The molecule has 0 spiro atoms. The smallest absolute Gasteiger partial charge is 0.226 e. The van der Waals surface area contributed by atoms with Crippen LogP contribution >= 0.6 is 0 Å². The topological polar surface area (TPSA) is 85.9 Å². The largest absolute Gasteiger partial charge is 0.497 e. The molecule has 1 aliphatic heterocycles. The Morgan fingerprint density at radius 3 is 2.48 bits per heavy atom. The molecule has 0 bridgehead atoms. The molecule has 142 valence electrons. The minimum atomic E-state index is -0.184. The van der Waals surface area contributed by atoms with Gasteiger partial charge in [0.25, 0.3) is 0 Å². The molecule has 0 aliphatic carbocycles. The van der Waals surface area contributed by atoms with E-state index in [1.807, 2.05) is 24.3 Å². The van der Waals surface area contributed by atoms with E-state index in [4.69, 9.17) is 14.2 Å². The van der Waals surface area contributed by atoms with E-state index in [2.05, 4.69) is 10.6 Å². The zero-order valence-corrected chi connectivity index (χ0v) is 15.1. The van der Waals surface area contributed by atoms with Gasteiger partial charge in [-0.3, -0.25) is 9.59 Å². The molecule has 7 nitrogen and oxygen atoms in total. The number of carbonyl (C=O) groups excluding carboxylic acids is 2. The average molecular weight is 370 g/mol. The van der Waals surface area contributed by atoms with Crippen LogP contribution in [0.4, 0.5) is 5.69 Å². The fourth-order valence-corrected chi connectivity index (χ4v) is 2.65. The molecule has 1 aliphatic rings. The third-order valence-corrected chi connectivity index (χ3v) is 4.02. The van der Waals surface area contributed by atoms with Crippen LogP contribution in [-0.4, -0.2) is 38.7 Å². The first-order valence-corrected chi connectivity index (χ1v) is 8.73. The van der Waals surface area contributed by atoms with Crippen molar-refractivity contribution < 1.29 is 23.8 Å². The van der Waals surface area contributed by atoms with Gasteiger partial charge >= 0.3 is 0 Å². The molecule has 3 rings (SSSR count). The maximum Gasteiger partial charge on any atom is 0.226 e. The van der Waals surface area contributed by atoms with Crippen molar-refractivity contribution in [3.8, 4) is 17.2 Å². The molecule has 7 heteroatoms. The summed E-state index contributed by atoms with van der Waals surface area (Å²) < 4.78 is 16.0. The monoisotopic (exact) mass is 370 g/mol. The van der Waals surface area contributed by atoms with Crippen LogP contribution < -0.4 is 24.8 Å². The molecule has 0 atom stereocenters. The normalized spacial score (nSPS) is 12.2. The Morgan fingerprint density at radius 1 is 1.00 bits per heavy atom. The molecule has 0 saturated carbocycles. The maximum atomic E-state index is 12.0. The first kappa shape index (κ1) is 18.6. The van der Waals surface area contributed by atoms with Gasteiger partial charge in [-0.15, -0.1) is 0 Å². The molecule has 1 heterocycles. The van der Waals surface area contributed by atoms with Crippen molar-refractivity contribution in [3.63, 3.8) is 0 Å². The summed E-state index contributed by atoms with van der Waals surface area (Å²) in [5.41, 5.74) is 1.52. The van der Waals surface area contributed by atoms with Crippen LogP contribution in [0.1, 0.15) is 12.0 Å². The van der Waals surface area contributed by atoms with Crippen molar-refractivity contribution in [2.75, 3.05) is 32.2 Å². The summed E-state index contributed by atoms with van der Waals surface area (Å²) in [5.74, 6) is 1.72. The minimum absolute atomic E-state index is 0.132. The van der Waals surface area contributed by atoms with Crippen molar-refractivity contribution in [1.82, 2.24) is 5.32 Å². The molecular formula is C20H22N2O5. The molecular weight excluding hydrogens is 348 g/mol. The molecule has 0 radical (unpaired) electrons. The summed E-state index contributed by atoms with van der Waals surface area (Å²) in [5, 5.41) is 5.54. The Bertz CT molecular complexity index is 805. The lowest BCUT2D eigenvalue weighted by Crippen LogP contribution is -2.28. The Labute approximate surface area is 157 Å². The van der Waals surface area contributed by atoms with Crippen LogP contribution in [0.2, 0.25) is 0 Å². The van der Waals surface area contributed by atoms with Gasteiger partial charge in [-0.2, -0.15) is 0 Å². The van der Waals surface area contributed by atoms with Crippen molar-refractivity contribution in [2.45, 2.75) is 12.8 Å². The molecule has 2 amide bonds. The number of methoxy groups -OCH3 is 1. The van der Waals surface area contributed by atoms with Crippen LogP contribution in [-0.2, 0) is 16.0 Å². The summed E-state index contributed by atoms with van der Waals surface area (Å²) in [7, 11) is 1.59. The number of carbonyl (C=O) groups is 2. The fraction of sp³-hybridized carbons (Fsp3) is 0.300. The number of rotatable bonds is 7. The molecule has 2 N–H and O–H groups in total. The Hall–Kier alpha value is -3.22. The highest BCUT2D eigenvalue weighted by atomic mass is 16.6. The van der Waals surface area contributed by atoms with Crippen molar-refractivity contribution in [3.05, 3.63) is 48.0 Å². The molecule has 0 aromatic heterocycles. The van der Waals surface area contributed by atoms with E-state index in [1.54, 1.807) is 25.3 Å². The molecule has 0 fully saturated rings. The van der Waals surface area contributed by atoms with Gasteiger partial charge in [0.05, 0.1) is 13.5 Å². The van der Waals surface area contributed by atoms with Crippen LogP contribution in [0.5, 0.6) is 17.2 Å². The third kappa shape index (κ3) is 5.37. The second kappa shape index (κ2) is 8.93. The SMILES string of the molecule is COc1ccc(CC(=O)NCCC(=O)Nc2ccc3c(c2)OCCO3)cc1. The summed E-state index contributed by atoms with van der Waals surface area (Å²) in [6.45, 7) is 1.28. The number of nitrogens with one attached hydrogen (secondary N) is 2. The second-order valence-electron chi connectivity index (χ2n) is 6.03. The summed E-state index contributed by atoms with van der Waals surface area (Å²) in [4.78, 5) is 24.0. The number of fused-ring (bicyclic) bond motifs is 1. The first-order chi connectivity index (χ1) is 13.1. The van der Waals surface area contributed by atoms with Gasteiger partial charge in [-0.1, -0.05) is 12.1 Å². The van der Waals surface area contributed by atoms with E-state index < -0.39 is 0 Å². The van der Waals surface area contributed by atoms with Gasteiger partial charge in [-0.25, -0.2) is 0 Å². The Morgan fingerprint density at radius 2 is 1.74 bits per heavy atom. The lowest BCUT2D eigenvalue weighted by molar-refractivity contribution is -0.120. The van der Waals surface area contributed by atoms with Crippen molar-refractivity contribution in [2.24, 2.45) is 0 Å². The molecule has 27 heavy (non-hydrogen) atoms. The lowest BCUT2D eigenvalue weighted by Gasteiger charge is -2.19. The molecule has 2 aromatic carbocycles. The number of hydrogen-bond acceptors (Lipinski definition) is 5. The lowest BCUT2D eigenvalue weighted by atomic mass is 10.1. The van der Waals surface area contributed by atoms with Crippen LogP contribution in [0, 0.1) is 0 Å². The first-order valence-electron chi connectivity index (χ1n) is 8.73. The van der Waals surface area contributed by atoms with Gasteiger partial charge in [-0.05, 0) is 29.8 Å². The van der Waals surface area contributed by atoms with E-state index in [0.29, 0.717) is 30.4 Å². The third-order valence-electron chi connectivity index (χ3n) is 4.02. The predicted octanol–water partition coefficient (Wildman–Crippen LogP) is 2.15.